The molecule has 1 unspecified atom stereocenters. The van der Waals surface area contributed by atoms with Gasteiger partial charge in [0.25, 0.3) is 0 Å². The lowest BCUT2D eigenvalue weighted by atomic mass is 10.0. The topological polar surface area (TPSA) is 63.1 Å². The maximum Gasteiger partial charge on any atom is 0.224 e. The Bertz CT molecular complexity index is 363. The molecule has 1 N–H and O–H groups in total. The van der Waals surface area contributed by atoms with Gasteiger partial charge in [0.1, 0.15) is 0 Å². The molecule has 1 aromatic heterocycles. The molecule has 1 fully saturated rings. The van der Waals surface area contributed by atoms with Crippen LogP contribution in [0.25, 0.3) is 0 Å². The van der Waals surface area contributed by atoms with Crippen molar-refractivity contribution in [3.05, 3.63) is 12.4 Å². The highest BCUT2D eigenvalue weighted by Crippen LogP contribution is 2.17. The number of hydrogen-bond donors (Lipinski definition) is 1. The van der Waals surface area contributed by atoms with Crippen LogP contribution in [0.4, 0.5) is 0 Å². The summed E-state index contributed by atoms with van der Waals surface area (Å²) >= 11 is 0. The van der Waals surface area contributed by atoms with Crippen LogP contribution in [0.5, 0.6) is 0 Å². The van der Waals surface area contributed by atoms with Crippen LogP contribution in [0.1, 0.15) is 25.7 Å². The number of amides is 1. The van der Waals surface area contributed by atoms with Gasteiger partial charge in [-0.1, -0.05) is 5.21 Å². The highest BCUT2D eigenvalue weighted by molar-refractivity contribution is 5.76. The van der Waals surface area contributed by atoms with Gasteiger partial charge >= 0.3 is 0 Å². The molecule has 0 aliphatic carbocycles. The van der Waals surface area contributed by atoms with Crippen molar-refractivity contribution in [3.63, 3.8) is 0 Å². The minimum absolute atomic E-state index is 0.227. The number of carbonyl (C=O) groups is 1. The van der Waals surface area contributed by atoms with Crippen LogP contribution in [0.3, 0.4) is 0 Å². The summed E-state index contributed by atoms with van der Waals surface area (Å²) in [6, 6.07) is 0.354. The van der Waals surface area contributed by atoms with Gasteiger partial charge in [-0.3, -0.25) is 9.48 Å². The fraction of sp³-hybridized carbons (Fsp3) is 0.750. The number of carbonyl (C=O) groups excluding carboxylic acids is 1. The Morgan fingerprint density at radius 2 is 2.39 bits per heavy atom. The maximum atomic E-state index is 12.2. The van der Waals surface area contributed by atoms with Crippen LogP contribution in [0.15, 0.2) is 12.4 Å². The average molecular weight is 251 g/mol. The van der Waals surface area contributed by atoms with Crippen LogP contribution in [-0.2, 0) is 11.3 Å². The predicted octanol–water partition coefficient (Wildman–Crippen LogP) is 0.269. The molecule has 0 saturated carbocycles. The standard InChI is InChI=1S/C12H21N5O/c1-13-10-11-4-2-3-7-17(11)12(18)5-8-16-9-6-14-15-16/h6,9,11,13H,2-5,7-8,10H2,1H3. The van der Waals surface area contributed by atoms with Gasteiger partial charge in [0.15, 0.2) is 0 Å². The summed E-state index contributed by atoms with van der Waals surface area (Å²) in [6.45, 7) is 2.39. The summed E-state index contributed by atoms with van der Waals surface area (Å²) in [5.41, 5.74) is 0. The monoisotopic (exact) mass is 251 g/mol. The molecular formula is C12H21N5O. The largest absolute Gasteiger partial charge is 0.338 e. The van der Waals surface area contributed by atoms with Crippen molar-refractivity contribution in [3.8, 4) is 0 Å². The van der Waals surface area contributed by atoms with E-state index in [0.29, 0.717) is 19.0 Å². The van der Waals surface area contributed by atoms with Crippen LogP contribution in [0.2, 0.25) is 0 Å². The molecule has 0 spiro atoms. The van der Waals surface area contributed by atoms with E-state index in [4.69, 9.17) is 0 Å². The molecular weight excluding hydrogens is 230 g/mol. The number of piperidine rings is 1. The fourth-order valence-electron chi connectivity index (χ4n) is 2.48. The second-order valence-electron chi connectivity index (χ2n) is 4.71. The quantitative estimate of drug-likeness (QED) is 0.816. The summed E-state index contributed by atoms with van der Waals surface area (Å²) in [6.07, 6.45) is 7.37. The van der Waals surface area contributed by atoms with Crippen molar-refractivity contribution in [2.75, 3.05) is 20.1 Å². The molecule has 1 aliphatic heterocycles. The van der Waals surface area contributed by atoms with Gasteiger partial charge in [-0.05, 0) is 26.3 Å². The van der Waals surface area contributed by atoms with E-state index in [1.165, 1.54) is 6.42 Å². The van der Waals surface area contributed by atoms with Gasteiger partial charge in [0.05, 0.1) is 12.7 Å². The average Bonchev–Trinajstić information content (AvgIpc) is 2.90. The molecule has 1 amide bonds. The second-order valence-corrected chi connectivity index (χ2v) is 4.71. The van der Waals surface area contributed by atoms with Gasteiger partial charge in [-0.15, -0.1) is 5.10 Å². The molecule has 0 radical (unpaired) electrons. The van der Waals surface area contributed by atoms with E-state index in [1.807, 2.05) is 11.9 Å². The lowest BCUT2D eigenvalue weighted by Crippen LogP contribution is -2.48. The Kier molecular flexibility index (Phi) is 4.69. The van der Waals surface area contributed by atoms with E-state index in [1.54, 1.807) is 17.1 Å². The number of likely N-dealkylation sites (tertiary alicyclic amines) is 1. The number of nitrogens with zero attached hydrogens (tertiary/aromatic N) is 4. The molecule has 100 valence electrons. The molecule has 18 heavy (non-hydrogen) atoms. The molecule has 2 rings (SSSR count). The first-order chi connectivity index (χ1) is 8.81. The van der Waals surface area contributed by atoms with Crippen molar-refractivity contribution >= 4 is 5.91 Å². The van der Waals surface area contributed by atoms with Gasteiger partial charge < -0.3 is 10.2 Å². The Morgan fingerprint density at radius 1 is 1.50 bits per heavy atom. The SMILES string of the molecule is CNCC1CCCCN1C(=O)CCn1ccnn1. The van der Waals surface area contributed by atoms with Crippen LogP contribution < -0.4 is 5.32 Å². The number of likely N-dealkylation sites (N-methyl/N-ethyl adjacent to an activating group) is 1. The van der Waals surface area contributed by atoms with Crippen molar-refractivity contribution in [2.45, 2.75) is 38.3 Å². The van der Waals surface area contributed by atoms with Crippen LogP contribution in [0, 0.1) is 0 Å². The first-order valence-electron chi connectivity index (χ1n) is 6.59. The number of aryl methyl sites for hydroxylation is 1. The summed E-state index contributed by atoms with van der Waals surface area (Å²) in [4.78, 5) is 14.2. The van der Waals surface area contributed by atoms with Gasteiger partial charge in [0.2, 0.25) is 5.91 Å². The van der Waals surface area contributed by atoms with E-state index < -0.39 is 0 Å². The third kappa shape index (κ3) is 3.29. The highest BCUT2D eigenvalue weighted by atomic mass is 16.2. The fourth-order valence-corrected chi connectivity index (χ4v) is 2.48. The van der Waals surface area contributed by atoms with Crippen molar-refractivity contribution in [1.82, 2.24) is 25.2 Å². The molecule has 1 aromatic rings. The molecule has 1 atom stereocenters. The summed E-state index contributed by atoms with van der Waals surface area (Å²) in [7, 11) is 1.94. The normalized spacial score (nSPS) is 20.1. The summed E-state index contributed by atoms with van der Waals surface area (Å²) < 4.78 is 1.70. The molecule has 6 nitrogen and oxygen atoms in total. The van der Waals surface area contributed by atoms with E-state index in [2.05, 4.69) is 15.6 Å². The lowest BCUT2D eigenvalue weighted by Gasteiger charge is -2.35. The second kappa shape index (κ2) is 6.49. The number of nitrogens with one attached hydrogen (secondary N) is 1. The molecule has 0 bridgehead atoms. The van der Waals surface area contributed by atoms with Crippen molar-refractivity contribution in [1.29, 1.82) is 0 Å². The molecule has 1 saturated heterocycles. The molecule has 1 aliphatic rings. The smallest absolute Gasteiger partial charge is 0.224 e. The Hall–Kier alpha value is -1.43. The zero-order valence-electron chi connectivity index (χ0n) is 10.9. The van der Waals surface area contributed by atoms with Crippen molar-refractivity contribution < 1.29 is 4.79 Å². The van der Waals surface area contributed by atoms with Gasteiger partial charge in [-0.2, -0.15) is 0 Å². The van der Waals surface area contributed by atoms with E-state index in [9.17, 15) is 4.79 Å². The Morgan fingerprint density at radius 3 is 3.11 bits per heavy atom. The third-order valence-corrected chi connectivity index (χ3v) is 3.41. The molecule has 6 heteroatoms. The molecule has 2 heterocycles. The van der Waals surface area contributed by atoms with E-state index in [0.717, 1.165) is 25.9 Å². The highest BCUT2D eigenvalue weighted by Gasteiger charge is 2.25. The van der Waals surface area contributed by atoms with Gasteiger partial charge in [-0.25, -0.2) is 0 Å². The zero-order valence-corrected chi connectivity index (χ0v) is 10.9. The minimum atomic E-state index is 0.227. The van der Waals surface area contributed by atoms with Gasteiger partial charge in [0, 0.05) is 31.7 Å². The number of hydrogen-bond acceptors (Lipinski definition) is 4. The zero-order chi connectivity index (χ0) is 12.8. The van der Waals surface area contributed by atoms with Crippen molar-refractivity contribution in [2.24, 2.45) is 0 Å². The van der Waals surface area contributed by atoms with Crippen LogP contribution in [-0.4, -0.2) is 52.0 Å². The first kappa shape index (κ1) is 13.0. The summed E-state index contributed by atoms with van der Waals surface area (Å²) in [5.74, 6) is 0.227. The minimum Gasteiger partial charge on any atom is -0.338 e. The third-order valence-electron chi connectivity index (χ3n) is 3.41. The molecule has 0 aromatic carbocycles. The number of rotatable bonds is 5. The Labute approximate surface area is 107 Å². The number of aromatic nitrogens is 3. The summed E-state index contributed by atoms with van der Waals surface area (Å²) in [5, 5.41) is 10.8. The predicted molar refractivity (Wildman–Crippen MR) is 67.9 cm³/mol. The van der Waals surface area contributed by atoms with E-state index in [-0.39, 0.29) is 5.91 Å². The van der Waals surface area contributed by atoms with E-state index >= 15 is 0 Å². The Balaban J connectivity index is 1.85. The lowest BCUT2D eigenvalue weighted by molar-refractivity contribution is -0.135. The maximum absolute atomic E-state index is 12.2. The van der Waals surface area contributed by atoms with Crippen LogP contribution >= 0.6 is 0 Å². The first-order valence-corrected chi connectivity index (χ1v) is 6.59.